The number of rotatable bonds is 5. The molecule has 3 nitrogen and oxygen atoms in total. The van der Waals surface area contributed by atoms with Crippen LogP contribution in [0.25, 0.3) is 10.8 Å². The highest BCUT2D eigenvalue weighted by molar-refractivity contribution is 7.80. The summed E-state index contributed by atoms with van der Waals surface area (Å²) in [7, 11) is 1.70. The van der Waals surface area contributed by atoms with Crippen LogP contribution in [0.4, 0.5) is 5.69 Å². The zero-order valence-corrected chi connectivity index (χ0v) is 11.8. The van der Waals surface area contributed by atoms with Crippen molar-refractivity contribution in [3.63, 3.8) is 0 Å². The molecule has 0 atom stereocenters. The Bertz CT molecular complexity index is 557. The molecule has 0 aliphatic heterocycles. The number of thiocarbonyl (C=S) groups is 1. The van der Waals surface area contributed by atoms with Gasteiger partial charge >= 0.3 is 0 Å². The van der Waals surface area contributed by atoms with E-state index in [1.807, 2.05) is 18.2 Å². The van der Waals surface area contributed by atoms with Gasteiger partial charge in [-0.1, -0.05) is 30.3 Å². The minimum Gasteiger partial charge on any atom is -0.385 e. The lowest BCUT2D eigenvalue weighted by Gasteiger charge is -2.11. The fourth-order valence-electron chi connectivity index (χ4n) is 1.86. The van der Waals surface area contributed by atoms with Gasteiger partial charge in [0.1, 0.15) is 0 Å². The van der Waals surface area contributed by atoms with Crippen molar-refractivity contribution in [2.75, 3.05) is 25.6 Å². The molecule has 0 unspecified atom stereocenters. The number of hydrogen-bond donors (Lipinski definition) is 2. The lowest BCUT2D eigenvalue weighted by molar-refractivity contribution is 0.196. The summed E-state index contributed by atoms with van der Waals surface area (Å²) < 4.78 is 4.99. The average Bonchev–Trinajstić information content (AvgIpc) is 2.43. The molecule has 0 bridgehead atoms. The van der Waals surface area contributed by atoms with Crippen molar-refractivity contribution < 1.29 is 4.74 Å². The smallest absolute Gasteiger partial charge is 0.170 e. The molecule has 2 rings (SSSR count). The molecule has 2 N–H and O–H groups in total. The highest BCUT2D eigenvalue weighted by Gasteiger charge is 1.98. The summed E-state index contributed by atoms with van der Waals surface area (Å²) in [6.45, 7) is 1.55. The van der Waals surface area contributed by atoms with E-state index in [1.165, 1.54) is 10.8 Å². The zero-order valence-electron chi connectivity index (χ0n) is 11.0. The van der Waals surface area contributed by atoms with E-state index in [1.54, 1.807) is 7.11 Å². The first-order valence-corrected chi connectivity index (χ1v) is 6.73. The van der Waals surface area contributed by atoms with Crippen molar-refractivity contribution in [3.8, 4) is 0 Å². The van der Waals surface area contributed by atoms with Gasteiger partial charge in [0.15, 0.2) is 5.11 Å². The monoisotopic (exact) mass is 274 g/mol. The lowest BCUT2D eigenvalue weighted by atomic mass is 10.1. The largest absolute Gasteiger partial charge is 0.385 e. The Labute approximate surface area is 119 Å². The van der Waals surface area contributed by atoms with Gasteiger partial charge in [-0.2, -0.15) is 0 Å². The molecule has 0 heterocycles. The number of benzene rings is 2. The molecule has 0 saturated carbocycles. The van der Waals surface area contributed by atoms with Crippen LogP contribution >= 0.6 is 12.2 Å². The molecule has 0 aromatic heterocycles. The van der Waals surface area contributed by atoms with Crippen LogP contribution in [0.5, 0.6) is 0 Å². The van der Waals surface area contributed by atoms with Crippen LogP contribution in [0, 0.1) is 0 Å². The highest BCUT2D eigenvalue weighted by atomic mass is 32.1. The fraction of sp³-hybridized carbons (Fsp3) is 0.267. The summed E-state index contributed by atoms with van der Waals surface area (Å²) in [6.07, 6.45) is 0.941. The number of nitrogens with one attached hydrogen (secondary N) is 2. The first kappa shape index (κ1) is 13.8. The Hall–Kier alpha value is -1.65. The van der Waals surface area contributed by atoms with Crippen molar-refractivity contribution >= 4 is 33.8 Å². The van der Waals surface area contributed by atoms with E-state index in [0.717, 1.165) is 25.3 Å². The zero-order chi connectivity index (χ0) is 13.5. The molecular formula is C15H18N2OS. The SMILES string of the molecule is COCCCNC(=S)Nc1ccc2ccccc2c1. The molecule has 4 heteroatoms. The predicted molar refractivity (Wildman–Crippen MR) is 84.7 cm³/mol. The Kier molecular flexibility index (Phi) is 5.12. The summed E-state index contributed by atoms with van der Waals surface area (Å²) in [6, 6.07) is 14.5. The number of hydrogen-bond acceptors (Lipinski definition) is 2. The number of ether oxygens (including phenoxy) is 1. The lowest BCUT2D eigenvalue weighted by Crippen LogP contribution is -2.29. The Balaban J connectivity index is 1.91. The third-order valence-corrected chi connectivity index (χ3v) is 3.06. The van der Waals surface area contributed by atoms with Crippen LogP contribution in [-0.2, 0) is 4.74 Å². The first-order valence-electron chi connectivity index (χ1n) is 6.32. The van der Waals surface area contributed by atoms with Crippen LogP contribution in [-0.4, -0.2) is 25.4 Å². The minimum absolute atomic E-state index is 0.645. The molecule has 0 fully saturated rings. The number of anilines is 1. The third-order valence-electron chi connectivity index (χ3n) is 2.82. The molecule has 19 heavy (non-hydrogen) atoms. The quantitative estimate of drug-likeness (QED) is 0.648. The molecule has 0 radical (unpaired) electrons. The Morgan fingerprint density at radius 1 is 1.16 bits per heavy atom. The van der Waals surface area contributed by atoms with E-state index in [4.69, 9.17) is 17.0 Å². The Morgan fingerprint density at radius 2 is 1.95 bits per heavy atom. The van der Waals surface area contributed by atoms with Gasteiger partial charge in [0.25, 0.3) is 0 Å². The summed E-state index contributed by atoms with van der Waals surface area (Å²) in [5.41, 5.74) is 1.00. The van der Waals surface area contributed by atoms with E-state index >= 15 is 0 Å². The molecule has 2 aromatic carbocycles. The van der Waals surface area contributed by atoms with Crippen LogP contribution in [0.2, 0.25) is 0 Å². The minimum atomic E-state index is 0.645. The van der Waals surface area contributed by atoms with Gasteiger partial charge in [0.05, 0.1) is 0 Å². The van der Waals surface area contributed by atoms with E-state index < -0.39 is 0 Å². The molecule has 0 spiro atoms. The van der Waals surface area contributed by atoms with E-state index in [9.17, 15) is 0 Å². The molecule has 100 valence electrons. The van der Waals surface area contributed by atoms with Crippen LogP contribution < -0.4 is 10.6 Å². The van der Waals surface area contributed by atoms with Crippen molar-refractivity contribution in [3.05, 3.63) is 42.5 Å². The molecule has 0 aliphatic carbocycles. The Morgan fingerprint density at radius 3 is 2.74 bits per heavy atom. The maximum Gasteiger partial charge on any atom is 0.170 e. The highest BCUT2D eigenvalue weighted by Crippen LogP contribution is 2.18. The average molecular weight is 274 g/mol. The second-order valence-corrected chi connectivity index (χ2v) is 4.70. The predicted octanol–water partition coefficient (Wildman–Crippen LogP) is 3.16. The van der Waals surface area contributed by atoms with Crippen molar-refractivity contribution in [1.29, 1.82) is 0 Å². The topological polar surface area (TPSA) is 33.3 Å². The van der Waals surface area contributed by atoms with Crippen molar-refractivity contribution in [2.24, 2.45) is 0 Å². The van der Waals surface area contributed by atoms with E-state index in [0.29, 0.717) is 5.11 Å². The molecule has 0 aliphatic rings. The van der Waals surface area contributed by atoms with E-state index in [-0.39, 0.29) is 0 Å². The van der Waals surface area contributed by atoms with Crippen molar-refractivity contribution in [1.82, 2.24) is 5.32 Å². The van der Waals surface area contributed by atoms with Crippen LogP contribution in [0.15, 0.2) is 42.5 Å². The second kappa shape index (κ2) is 7.07. The first-order chi connectivity index (χ1) is 9.29. The summed E-state index contributed by atoms with van der Waals surface area (Å²) in [4.78, 5) is 0. The summed E-state index contributed by atoms with van der Waals surface area (Å²) in [5.74, 6) is 0. The van der Waals surface area contributed by atoms with Crippen LogP contribution in [0.1, 0.15) is 6.42 Å². The van der Waals surface area contributed by atoms with Gasteiger partial charge in [-0.05, 0) is 41.5 Å². The van der Waals surface area contributed by atoms with Gasteiger partial charge in [-0.15, -0.1) is 0 Å². The summed E-state index contributed by atoms with van der Waals surface area (Å²) in [5, 5.41) is 9.42. The maximum absolute atomic E-state index is 5.25. The van der Waals surface area contributed by atoms with E-state index in [2.05, 4.69) is 34.9 Å². The normalized spacial score (nSPS) is 10.4. The number of methoxy groups -OCH3 is 1. The van der Waals surface area contributed by atoms with Gasteiger partial charge in [0, 0.05) is 25.9 Å². The van der Waals surface area contributed by atoms with Crippen molar-refractivity contribution in [2.45, 2.75) is 6.42 Å². The van der Waals surface area contributed by atoms with Crippen LogP contribution in [0.3, 0.4) is 0 Å². The standard InChI is InChI=1S/C15H18N2OS/c1-18-10-4-9-16-15(19)17-14-8-7-12-5-2-3-6-13(12)11-14/h2-3,5-8,11H,4,9-10H2,1H3,(H2,16,17,19). The molecular weight excluding hydrogens is 256 g/mol. The molecule has 0 amide bonds. The van der Waals surface area contributed by atoms with Gasteiger partial charge in [-0.25, -0.2) is 0 Å². The van der Waals surface area contributed by atoms with Gasteiger partial charge in [-0.3, -0.25) is 0 Å². The number of fused-ring (bicyclic) bond motifs is 1. The summed E-state index contributed by atoms with van der Waals surface area (Å²) >= 11 is 5.25. The maximum atomic E-state index is 5.25. The van der Waals surface area contributed by atoms with Gasteiger partial charge < -0.3 is 15.4 Å². The fourth-order valence-corrected chi connectivity index (χ4v) is 2.08. The molecule has 2 aromatic rings. The molecule has 0 saturated heterocycles. The van der Waals surface area contributed by atoms with Gasteiger partial charge in [0.2, 0.25) is 0 Å². The third kappa shape index (κ3) is 4.19. The second-order valence-electron chi connectivity index (χ2n) is 4.29.